The first-order chi connectivity index (χ1) is 14.5. The molecule has 1 aliphatic heterocycles. The molecule has 0 spiro atoms. The number of benzene rings is 2. The van der Waals surface area contributed by atoms with Crippen LogP contribution < -0.4 is 19.5 Å². The molecule has 1 heterocycles. The lowest BCUT2D eigenvalue weighted by Crippen LogP contribution is -2.35. The summed E-state index contributed by atoms with van der Waals surface area (Å²) in [6.45, 7) is 7.11. The topological polar surface area (TPSA) is 83.1 Å². The average molecular weight is 413 g/mol. The molecule has 0 unspecified atom stereocenters. The molecule has 1 amide bonds. The highest BCUT2D eigenvalue weighted by Gasteiger charge is 2.22. The highest BCUT2D eigenvalue weighted by molar-refractivity contribution is 5.91. The molecule has 7 nitrogen and oxygen atoms in total. The van der Waals surface area contributed by atoms with Crippen LogP contribution in [0.5, 0.6) is 17.2 Å². The molecule has 7 heteroatoms. The molecule has 0 aromatic heterocycles. The summed E-state index contributed by atoms with van der Waals surface area (Å²) in [5.74, 6) is 1.23. The number of fused-ring (bicyclic) bond motifs is 1. The Balaban J connectivity index is 1.58. The van der Waals surface area contributed by atoms with Crippen LogP contribution in [-0.2, 0) is 9.53 Å². The molecule has 1 aliphatic rings. The van der Waals surface area contributed by atoms with Crippen molar-refractivity contribution in [2.45, 2.75) is 26.8 Å². The van der Waals surface area contributed by atoms with Gasteiger partial charge in [-0.1, -0.05) is 19.9 Å². The van der Waals surface area contributed by atoms with Gasteiger partial charge in [0, 0.05) is 0 Å². The Kier molecular flexibility index (Phi) is 7.17. The molecular formula is C23H27NO6. The highest BCUT2D eigenvalue weighted by atomic mass is 16.6. The maximum Gasteiger partial charge on any atom is 0.338 e. The molecule has 0 aliphatic carbocycles. The molecule has 3 rings (SSSR count). The SMILES string of the molecule is CCOc1ccc(C(=O)OCC(=O)N[C@@H](c2ccc3c(c2)OCCO3)C(C)C)cc1. The van der Waals surface area contributed by atoms with E-state index in [-0.39, 0.29) is 24.5 Å². The molecule has 160 valence electrons. The smallest absolute Gasteiger partial charge is 0.338 e. The molecule has 0 fully saturated rings. The van der Waals surface area contributed by atoms with Gasteiger partial charge in [0.05, 0.1) is 18.2 Å². The summed E-state index contributed by atoms with van der Waals surface area (Å²) >= 11 is 0. The van der Waals surface area contributed by atoms with Crippen molar-refractivity contribution >= 4 is 11.9 Å². The van der Waals surface area contributed by atoms with Gasteiger partial charge < -0.3 is 24.3 Å². The zero-order valence-corrected chi connectivity index (χ0v) is 17.5. The van der Waals surface area contributed by atoms with Gasteiger partial charge in [0.15, 0.2) is 18.1 Å². The predicted octanol–water partition coefficient (Wildman–Crippen LogP) is 3.53. The molecule has 30 heavy (non-hydrogen) atoms. The summed E-state index contributed by atoms with van der Waals surface area (Å²) in [5.41, 5.74) is 1.26. The highest BCUT2D eigenvalue weighted by Crippen LogP contribution is 2.34. The molecule has 1 atom stereocenters. The summed E-state index contributed by atoms with van der Waals surface area (Å²) in [7, 11) is 0. The Bertz CT molecular complexity index is 878. The number of esters is 1. The second-order valence-corrected chi connectivity index (χ2v) is 7.23. The van der Waals surface area contributed by atoms with Gasteiger partial charge in [-0.25, -0.2) is 4.79 Å². The quantitative estimate of drug-likeness (QED) is 0.667. The maximum absolute atomic E-state index is 12.4. The lowest BCUT2D eigenvalue weighted by molar-refractivity contribution is -0.125. The van der Waals surface area contributed by atoms with E-state index in [1.807, 2.05) is 39.0 Å². The van der Waals surface area contributed by atoms with Gasteiger partial charge in [-0.15, -0.1) is 0 Å². The van der Waals surface area contributed by atoms with Gasteiger partial charge >= 0.3 is 5.97 Å². The van der Waals surface area contributed by atoms with Crippen LogP contribution in [0.3, 0.4) is 0 Å². The minimum absolute atomic E-state index is 0.123. The van der Waals surface area contributed by atoms with Crippen LogP contribution in [0.25, 0.3) is 0 Å². The van der Waals surface area contributed by atoms with Gasteiger partial charge in [0.2, 0.25) is 0 Å². The van der Waals surface area contributed by atoms with Crippen molar-refractivity contribution in [1.82, 2.24) is 5.32 Å². The minimum atomic E-state index is -0.561. The Morgan fingerprint density at radius 1 is 1.03 bits per heavy atom. The van der Waals surface area contributed by atoms with E-state index >= 15 is 0 Å². The maximum atomic E-state index is 12.4. The van der Waals surface area contributed by atoms with E-state index in [9.17, 15) is 9.59 Å². The fourth-order valence-corrected chi connectivity index (χ4v) is 3.17. The van der Waals surface area contributed by atoms with Crippen molar-refractivity contribution in [3.05, 3.63) is 53.6 Å². The van der Waals surface area contributed by atoms with Crippen molar-refractivity contribution in [2.75, 3.05) is 26.4 Å². The third-order valence-corrected chi connectivity index (χ3v) is 4.64. The van der Waals surface area contributed by atoms with Gasteiger partial charge in [-0.3, -0.25) is 4.79 Å². The number of ether oxygens (including phenoxy) is 4. The van der Waals surface area contributed by atoms with Crippen molar-refractivity contribution < 1.29 is 28.5 Å². The standard InChI is InChI=1S/C23H27NO6/c1-4-27-18-8-5-16(6-9-18)23(26)30-14-21(25)24-22(15(2)3)17-7-10-19-20(13-17)29-12-11-28-19/h5-10,13,15,22H,4,11-12,14H2,1-3H3,(H,24,25)/t22-/m1/s1. The molecule has 0 saturated carbocycles. The monoisotopic (exact) mass is 413 g/mol. The zero-order chi connectivity index (χ0) is 21.5. The largest absolute Gasteiger partial charge is 0.494 e. The molecule has 0 radical (unpaired) electrons. The van der Waals surface area contributed by atoms with Gasteiger partial charge in [0.1, 0.15) is 19.0 Å². The van der Waals surface area contributed by atoms with Crippen molar-refractivity contribution in [3.8, 4) is 17.2 Å². The Labute approximate surface area is 176 Å². The van der Waals surface area contributed by atoms with Gasteiger partial charge in [-0.05, 0) is 54.8 Å². The molecule has 2 aromatic rings. The predicted molar refractivity (Wildman–Crippen MR) is 111 cm³/mol. The van der Waals surface area contributed by atoms with E-state index in [0.29, 0.717) is 42.6 Å². The van der Waals surface area contributed by atoms with Crippen molar-refractivity contribution in [1.29, 1.82) is 0 Å². The van der Waals surface area contributed by atoms with Crippen molar-refractivity contribution in [3.63, 3.8) is 0 Å². The number of rotatable bonds is 8. The summed E-state index contributed by atoms with van der Waals surface area (Å²) < 4.78 is 21.7. The van der Waals surface area contributed by atoms with Crippen LogP contribution in [-0.4, -0.2) is 38.3 Å². The number of hydrogen-bond donors (Lipinski definition) is 1. The summed E-state index contributed by atoms with van der Waals surface area (Å²) in [4.78, 5) is 24.6. The van der Waals surface area contributed by atoms with E-state index in [1.165, 1.54) is 0 Å². The number of carbonyl (C=O) groups is 2. The van der Waals surface area contributed by atoms with Crippen LogP contribution in [0.4, 0.5) is 0 Å². The first kappa shape index (κ1) is 21.5. The molecule has 1 N–H and O–H groups in total. The first-order valence-corrected chi connectivity index (χ1v) is 10.1. The van der Waals surface area contributed by atoms with Crippen molar-refractivity contribution in [2.24, 2.45) is 5.92 Å². The lowest BCUT2D eigenvalue weighted by Gasteiger charge is -2.25. The zero-order valence-electron chi connectivity index (χ0n) is 17.5. The van der Waals surface area contributed by atoms with Crippen LogP contribution in [0.1, 0.15) is 42.7 Å². The molecule has 2 aromatic carbocycles. The van der Waals surface area contributed by atoms with Gasteiger partial charge in [0.25, 0.3) is 5.91 Å². The lowest BCUT2D eigenvalue weighted by atomic mass is 9.95. The fraction of sp³-hybridized carbons (Fsp3) is 0.391. The average Bonchev–Trinajstić information content (AvgIpc) is 2.76. The third kappa shape index (κ3) is 5.43. The second kappa shape index (κ2) is 10.0. The Morgan fingerprint density at radius 3 is 2.40 bits per heavy atom. The number of amides is 1. The van der Waals surface area contributed by atoms with Crippen LogP contribution in [0.2, 0.25) is 0 Å². The fourth-order valence-electron chi connectivity index (χ4n) is 3.17. The van der Waals surface area contributed by atoms with E-state index in [2.05, 4.69) is 5.32 Å². The first-order valence-electron chi connectivity index (χ1n) is 10.1. The van der Waals surface area contributed by atoms with E-state index < -0.39 is 5.97 Å². The molecular weight excluding hydrogens is 386 g/mol. The van der Waals surface area contributed by atoms with E-state index in [1.54, 1.807) is 24.3 Å². The van der Waals surface area contributed by atoms with Crippen LogP contribution >= 0.6 is 0 Å². The minimum Gasteiger partial charge on any atom is -0.494 e. The normalized spacial score (nSPS) is 13.5. The number of nitrogens with one attached hydrogen (secondary N) is 1. The number of hydrogen-bond acceptors (Lipinski definition) is 6. The third-order valence-electron chi connectivity index (χ3n) is 4.64. The summed E-state index contributed by atoms with van der Waals surface area (Å²) in [6, 6.07) is 12.0. The molecule has 0 bridgehead atoms. The van der Waals surface area contributed by atoms with Crippen LogP contribution in [0, 0.1) is 5.92 Å². The molecule has 0 saturated heterocycles. The summed E-state index contributed by atoms with van der Waals surface area (Å²) in [5, 5.41) is 2.94. The van der Waals surface area contributed by atoms with E-state index in [0.717, 1.165) is 5.56 Å². The Morgan fingerprint density at radius 2 is 1.73 bits per heavy atom. The second-order valence-electron chi connectivity index (χ2n) is 7.23. The van der Waals surface area contributed by atoms with Crippen LogP contribution in [0.15, 0.2) is 42.5 Å². The summed E-state index contributed by atoms with van der Waals surface area (Å²) in [6.07, 6.45) is 0. The van der Waals surface area contributed by atoms with Gasteiger partial charge in [-0.2, -0.15) is 0 Å². The Hall–Kier alpha value is -3.22. The number of carbonyl (C=O) groups excluding carboxylic acids is 2. The van der Waals surface area contributed by atoms with E-state index in [4.69, 9.17) is 18.9 Å².